The highest BCUT2D eigenvalue weighted by molar-refractivity contribution is 9.50. The minimum Gasteiger partial charge on any atom is -0.192 e. The maximum absolute atomic E-state index is 8.57. The first-order valence-electron chi connectivity index (χ1n) is 2.66. The van der Waals surface area contributed by atoms with Gasteiger partial charge in [-0.25, -0.2) is 0 Å². The molecule has 0 saturated heterocycles. The second-order valence-electron chi connectivity index (χ2n) is 1.69. The summed E-state index contributed by atoms with van der Waals surface area (Å²) in [5, 5.41) is 8.57. The van der Waals surface area contributed by atoms with Gasteiger partial charge in [0.1, 0.15) is 6.07 Å². The summed E-state index contributed by atoms with van der Waals surface area (Å²) < 4.78 is 0. The van der Waals surface area contributed by atoms with Gasteiger partial charge in [-0.2, -0.15) is 5.26 Å². The van der Waals surface area contributed by atoms with E-state index in [4.69, 9.17) is 5.26 Å². The Morgan fingerprint density at radius 1 is 1.40 bits per heavy atom. The van der Waals surface area contributed by atoms with Gasteiger partial charge in [-0.1, -0.05) is 12.1 Å². The maximum atomic E-state index is 8.57. The predicted molar refractivity (Wildman–Crippen MR) is 45.9 cm³/mol. The number of nitriles is 1. The summed E-state index contributed by atoms with van der Waals surface area (Å²) in [6, 6.07) is 9.55. The van der Waals surface area contributed by atoms with Crippen molar-refractivity contribution in [3.05, 3.63) is 29.8 Å². The van der Waals surface area contributed by atoms with Crippen molar-refractivity contribution in [1.29, 1.82) is 5.26 Å². The van der Waals surface area contributed by atoms with Crippen molar-refractivity contribution in [1.82, 2.24) is 0 Å². The van der Waals surface area contributed by atoms with Crippen LogP contribution in [0.5, 0.6) is 0 Å². The van der Waals surface area contributed by atoms with E-state index in [1.54, 1.807) is 6.07 Å². The van der Waals surface area contributed by atoms with Gasteiger partial charge in [-0.15, -0.1) is 0 Å². The van der Waals surface area contributed by atoms with Gasteiger partial charge < -0.3 is 0 Å². The molecule has 50 valence electrons. The Bertz CT molecular complexity index is 267. The van der Waals surface area contributed by atoms with Crippen LogP contribution in [0, 0.1) is 11.3 Å². The van der Waals surface area contributed by atoms with Gasteiger partial charge >= 0.3 is 0 Å². The number of hydrogen-bond donors (Lipinski definition) is 0. The van der Waals surface area contributed by atoms with Crippen LogP contribution in [-0.2, 0) is 0 Å². The van der Waals surface area contributed by atoms with Crippen LogP contribution in [-0.4, -0.2) is 0 Å². The molecule has 1 nitrogen and oxygen atoms in total. The van der Waals surface area contributed by atoms with Crippen LogP contribution in [0.3, 0.4) is 0 Å². The predicted octanol–water partition coefficient (Wildman–Crippen LogP) is 2.96. The Balaban J connectivity index is 3.12. The van der Waals surface area contributed by atoms with E-state index in [1.165, 1.54) is 10.2 Å². The van der Waals surface area contributed by atoms with Gasteiger partial charge in [-0.3, -0.25) is 0 Å². The third-order valence-corrected chi connectivity index (χ3v) is 2.66. The molecule has 0 aliphatic heterocycles. The van der Waals surface area contributed by atoms with E-state index >= 15 is 0 Å². The molecular formula is C7H4BrNS. The standard InChI is InChI=1S/C7H4BrNS/c8-10-7-4-2-1-3-6(7)5-9/h1-4H. The molecular weight excluding hydrogens is 210 g/mol. The molecule has 0 aliphatic carbocycles. The van der Waals surface area contributed by atoms with Crippen LogP contribution in [0.15, 0.2) is 29.2 Å². The first kappa shape index (κ1) is 7.64. The van der Waals surface area contributed by atoms with Crippen molar-refractivity contribution in [2.75, 3.05) is 0 Å². The average molecular weight is 214 g/mol. The number of benzene rings is 1. The van der Waals surface area contributed by atoms with Crippen LogP contribution in [0.4, 0.5) is 0 Å². The van der Waals surface area contributed by atoms with E-state index in [2.05, 4.69) is 20.9 Å². The lowest BCUT2D eigenvalue weighted by Crippen LogP contribution is -1.74. The molecule has 0 fully saturated rings. The molecule has 0 heterocycles. The zero-order valence-corrected chi connectivity index (χ0v) is 7.45. The van der Waals surface area contributed by atoms with Crippen LogP contribution >= 0.6 is 25.0 Å². The highest BCUT2D eigenvalue weighted by atomic mass is 79.9. The van der Waals surface area contributed by atoms with Crippen molar-refractivity contribution in [2.24, 2.45) is 0 Å². The summed E-state index contributed by atoms with van der Waals surface area (Å²) in [5.41, 5.74) is 0.712. The van der Waals surface area contributed by atoms with Gasteiger partial charge in [0.15, 0.2) is 0 Å². The molecule has 0 radical (unpaired) electrons. The normalized spacial score (nSPS) is 8.80. The second kappa shape index (κ2) is 3.65. The molecule has 10 heavy (non-hydrogen) atoms. The molecule has 0 aromatic heterocycles. The molecule has 0 aliphatic rings. The van der Waals surface area contributed by atoms with Crippen LogP contribution < -0.4 is 0 Å². The van der Waals surface area contributed by atoms with Crippen LogP contribution in [0.25, 0.3) is 0 Å². The zero-order valence-electron chi connectivity index (χ0n) is 5.04. The quantitative estimate of drug-likeness (QED) is 0.717. The lowest BCUT2D eigenvalue weighted by molar-refractivity contribution is 1.38. The minimum atomic E-state index is 0.712. The zero-order chi connectivity index (χ0) is 7.40. The highest BCUT2D eigenvalue weighted by Gasteiger charge is 1.96. The lowest BCUT2D eigenvalue weighted by atomic mass is 10.2. The molecule has 0 unspecified atom stereocenters. The van der Waals surface area contributed by atoms with Gasteiger partial charge in [-0.05, 0) is 37.1 Å². The molecule has 0 spiro atoms. The molecule has 1 rings (SSSR count). The number of nitrogens with zero attached hydrogens (tertiary/aromatic N) is 1. The molecule has 0 N–H and O–H groups in total. The Morgan fingerprint density at radius 2 is 2.10 bits per heavy atom. The fraction of sp³-hybridized carbons (Fsp3) is 0. The Hall–Kier alpha value is -0.460. The van der Waals surface area contributed by atoms with E-state index in [-0.39, 0.29) is 0 Å². The van der Waals surface area contributed by atoms with Crippen LogP contribution in [0.1, 0.15) is 5.56 Å². The molecule has 0 bridgehead atoms. The molecule has 3 heteroatoms. The van der Waals surface area contributed by atoms with Gasteiger partial charge in [0.25, 0.3) is 0 Å². The highest BCUT2D eigenvalue weighted by Crippen LogP contribution is 2.26. The summed E-state index contributed by atoms with van der Waals surface area (Å²) in [4.78, 5) is 0.963. The van der Waals surface area contributed by atoms with Gasteiger partial charge in [0.2, 0.25) is 0 Å². The van der Waals surface area contributed by atoms with Gasteiger partial charge in [0.05, 0.1) is 5.56 Å². The van der Waals surface area contributed by atoms with Crippen LogP contribution in [0.2, 0.25) is 0 Å². The molecule has 0 atom stereocenters. The van der Waals surface area contributed by atoms with E-state index in [9.17, 15) is 0 Å². The van der Waals surface area contributed by atoms with E-state index < -0.39 is 0 Å². The number of halogens is 1. The monoisotopic (exact) mass is 213 g/mol. The van der Waals surface area contributed by atoms with E-state index in [0.717, 1.165) is 4.90 Å². The first-order valence-corrected chi connectivity index (χ1v) is 5.32. The Morgan fingerprint density at radius 3 is 2.60 bits per heavy atom. The van der Waals surface area contributed by atoms with Crippen molar-refractivity contribution >= 4 is 25.0 Å². The summed E-state index contributed by atoms with van der Waals surface area (Å²) in [7, 11) is 1.41. The SMILES string of the molecule is N#Cc1ccccc1SBr. The fourth-order valence-electron chi connectivity index (χ4n) is 0.626. The van der Waals surface area contributed by atoms with Crippen molar-refractivity contribution < 1.29 is 0 Å². The Labute approximate surface area is 71.3 Å². The first-order chi connectivity index (χ1) is 4.88. The fourth-order valence-corrected chi connectivity index (χ4v) is 1.80. The summed E-state index contributed by atoms with van der Waals surface area (Å²) in [6.45, 7) is 0. The molecule has 0 amide bonds. The number of rotatable bonds is 1. The smallest absolute Gasteiger partial charge is 0.100 e. The molecule has 1 aromatic carbocycles. The largest absolute Gasteiger partial charge is 0.192 e. The Kier molecular flexibility index (Phi) is 2.79. The van der Waals surface area contributed by atoms with Crippen molar-refractivity contribution in [3.63, 3.8) is 0 Å². The average Bonchev–Trinajstić information content (AvgIpc) is 2.04. The summed E-state index contributed by atoms with van der Waals surface area (Å²) >= 11 is 3.21. The van der Waals surface area contributed by atoms with Crippen molar-refractivity contribution in [3.8, 4) is 6.07 Å². The number of hydrogen-bond acceptors (Lipinski definition) is 2. The summed E-state index contributed by atoms with van der Waals surface area (Å²) in [5.74, 6) is 0. The minimum absolute atomic E-state index is 0.712. The lowest BCUT2D eigenvalue weighted by Gasteiger charge is -1.93. The third kappa shape index (κ3) is 1.53. The van der Waals surface area contributed by atoms with Crippen molar-refractivity contribution in [2.45, 2.75) is 4.90 Å². The summed E-state index contributed by atoms with van der Waals surface area (Å²) in [6.07, 6.45) is 0. The third-order valence-electron chi connectivity index (χ3n) is 1.09. The van der Waals surface area contributed by atoms with Gasteiger partial charge in [0, 0.05) is 4.90 Å². The molecule has 0 saturated carbocycles. The topological polar surface area (TPSA) is 23.8 Å². The second-order valence-corrected chi connectivity index (χ2v) is 3.25. The van der Waals surface area contributed by atoms with E-state index in [0.29, 0.717) is 5.56 Å². The molecule has 1 aromatic rings. The maximum Gasteiger partial charge on any atom is 0.100 e. The van der Waals surface area contributed by atoms with E-state index in [1.807, 2.05) is 18.2 Å².